The minimum atomic E-state index is 0.419. The van der Waals surface area contributed by atoms with Gasteiger partial charge in [-0.2, -0.15) is 11.8 Å². The zero-order valence-corrected chi connectivity index (χ0v) is 11.6. The first-order valence-corrected chi connectivity index (χ1v) is 7.22. The van der Waals surface area contributed by atoms with Crippen LogP contribution in [0.4, 0.5) is 0 Å². The third-order valence-electron chi connectivity index (χ3n) is 3.02. The van der Waals surface area contributed by atoms with Crippen LogP contribution in [0.5, 0.6) is 0 Å². The van der Waals surface area contributed by atoms with Crippen LogP contribution in [0, 0.1) is 0 Å². The van der Waals surface area contributed by atoms with Crippen molar-refractivity contribution in [2.45, 2.75) is 25.1 Å². The standard InChI is InChI=1S/C13H22N2OS/c1-13(2)11-15(6-8-17-13)5-4-14-9-12-3-7-16-10-12/h3,7,10,14H,4-6,8-9,11H2,1-2H3. The largest absolute Gasteiger partial charge is 0.472 e. The average Bonchev–Trinajstić information content (AvgIpc) is 2.76. The summed E-state index contributed by atoms with van der Waals surface area (Å²) in [5, 5.41) is 3.45. The van der Waals surface area contributed by atoms with Gasteiger partial charge in [0, 0.05) is 48.8 Å². The molecule has 0 bridgehead atoms. The fourth-order valence-electron chi connectivity index (χ4n) is 2.17. The minimum absolute atomic E-state index is 0.419. The Hall–Kier alpha value is -0.450. The van der Waals surface area contributed by atoms with E-state index in [-0.39, 0.29) is 0 Å². The molecule has 17 heavy (non-hydrogen) atoms. The zero-order chi connectivity index (χ0) is 12.1. The minimum Gasteiger partial charge on any atom is -0.472 e. The van der Waals surface area contributed by atoms with Gasteiger partial charge in [0.2, 0.25) is 0 Å². The lowest BCUT2D eigenvalue weighted by Gasteiger charge is -2.37. The van der Waals surface area contributed by atoms with Gasteiger partial charge in [-0.25, -0.2) is 0 Å². The van der Waals surface area contributed by atoms with E-state index in [2.05, 4.69) is 35.8 Å². The fraction of sp³-hybridized carbons (Fsp3) is 0.692. The Balaban J connectivity index is 1.62. The summed E-state index contributed by atoms with van der Waals surface area (Å²) >= 11 is 2.09. The maximum atomic E-state index is 5.04. The van der Waals surface area contributed by atoms with Crippen molar-refractivity contribution in [3.05, 3.63) is 24.2 Å². The van der Waals surface area contributed by atoms with Crippen LogP contribution in [0.15, 0.2) is 23.0 Å². The molecule has 0 unspecified atom stereocenters. The number of thioether (sulfide) groups is 1. The molecule has 0 amide bonds. The van der Waals surface area contributed by atoms with E-state index < -0.39 is 0 Å². The van der Waals surface area contributed by atoms with Crippen LogP contribution < -0.4 is 5.32 Å². The molecular weight excluding hydrogens is 232 g/mol. The van der Waals surface area contributed by atoms with E-state index in [1.165, 1.54) is 24.4 Å². The maximum absolute atomic E-state index is 5.04. The Bertz CT molecular complexity index is 324. The third-order valence-corrected chi connectivity index (χ3v) is 4.32. The molecule has 96 valence electrons. The second-order valence-corrected chi connectivity index (χ2v) is 6.99. The van der Waals surface area contributed by atoms with E-state index in [9.17, 15) is 0 Å². The predicted molar refractivity (Wildman–Crippen MR) is 73.4 cm³/mol. The van der Waals surface area contributed by atoms with Gasteiger partial charge in [0.1, 0.15) is 0 Å². The first-order valence-electron chi connectivity index (χ1n) is 6.24. The average molecular weight is 254 g/mol. The lowest BCUT2D eigenvalue weighted by Crippen LogP contribution is -2.45. The van der Waals surface area contributed by atoms with Crippen molar-refractivity contribution < 1.29 is 4.42 Å². The Morgan fingerprint density at radius 2 is 2.41 bits per heavy atom. The molecule has 1 fully saturated rings. The Morgan fingerprint density at radius 3 is 3.12 bits per heavy atom. The second kappa shape index (κ2) is 5.94. The molecule has 1 aliphatic rings. The van der Waals surface area contributed by atoms with Gasteiger partial charge in [-0.3, -0.25) is 4.90 Å². The topological polar surface area (TPSA) is 28.4 Å². The zero-order valence-electron chi connectivity index (χ0n) is 10.7. The third kappa shape index (κ3) is 4.37. The van der Waals surface area contributed by atoms with E-state index in [0.717, 1.165) is 19.6 Å². The highest BCUT2D eigenvalue weighted by atomic mass is 32.2. The van der Waals surface area contributed by atoms with E-state index in [4.69, 9.17) is 4.42 Å². The van der Waals surface area contributed by atoms with E-state index in [0.29, 0.717) is 4.75 Å². The molecular formula is C13H22N2OS. The van der Waals surface area contributed by atoms with Crippen molar-refractivity contribution >= 4 is 11.8 Å². The summed E-state index contributed by atoms with van der Waals surface area (Å²) in [7, 11) is 0. The first-order chi connectivity index (χ1) is 8.16. The summed E-state index contributed by atoms with van der Waals surface area (Å²) < 4.78 is 5.46. The van der Waals surface area contributed by atoms with Gasteiger partial charge >= 0.3 is 0 Å². The monoisotopic (exact) mass is 254 g/mol. The normalized spacial score (nSPS) is 20.6. The van der Waals surface area contributed by atoms with Crippen molar-refractivity contribution in [1.82, 2.24) is 10.2 Å². The van der Waals surface area contributed by atoms with Gasteiger partial charge in [-0.15, -0.1) is 0 Å². The number of nitrogens with one attached hydrogen (secondary N) is 1. The summed E-state index contributed by atoms with van der Waals surface area (Å²) in [5.41, 5.74) is 1.22. The van der Waals surface area contributed by atoms with Crippen LogP contribution in [0.25, 0.3) is 0 Å². The maximum Gasteiger partial charge on any atom is 0.0947 e. The molecule has 1 aliphatic heterocycles. The molecule has 0 aromatic carbocycles. The van der Waals surface area contributed by atoms with Crippen molar-refractivity contribution in [2.75, 3.05) is 31.9 Å². The molecule has 0 saturated carbocycles. The lowest BCUT2D eigenvalue weighted by molar-refractivity contribution is 0.260. The van der Waals surface area contributed by atoms with Gasteiger partial charge in [-0.1, -0.05) is 0 Å². The number of rotatable bonds is 5. The van der Waals surface area contributed by atoms with Crippen LogP contribution in [0.2, 0.25) is 0 Å². The van der Waals surface area contributed by atoms with Crippen LogP contribution in [0.3, 0.4) is 0 Å². The second-order valence-electron chi connectivity index (χ2n) is 5.19. The molecule has 2 rings (SSSR count). The molecule has 3 nitrogen and oxygen atoms in total. The van der Waals surface area contributed by atoms with Crippen molar-refractivity contribution in [2.24, 2.45) is 0 Å². The molecule has 1 aromatic rings. The molecule has 1 saturated heterocycles. The van der Waals surface area contributed by atoms with Gasteiger partial charge in [0.25, 0.3) is 0 Å². The van der Waals surface area contributed by atoms with Crippen molar-refractivity contribution in [3.63, 3.8) is 0 Å². The molecule has 0 atom stereocenters. The SMILES string of the molecule is CC1(C)CN(CCNCc2ccoc2)CCS1. The predicted octanol–water partition coefficient (Wildman–Crippen LogP) is 2.20. The van der Waals surface area contributed by atoms with Crippen molar-refractivity contribution in [1.29, 1.82) is 0 Å². The first kappa shape index (κ1) is 13.0. The Morgan fingerprint density at radius 1 is 1.53 bits per heavy atom. The summed E-state index contributed by atoms with van der Waals surface area (Å²) in [5.74, 6) is 1.26. The fourth-order valence-corrected chi connectivity index (χ4v) is 3.34. The number of nitrogens with zero attached hydrogens (tertiary/aromatic N) is 1. The summed E-state index contributed by atoms with van der Waals surface area (Å²) in [6.07, 6.45) is 3.52. The quantitative estimate of drug-likeness (QED) is 0.816. The summed E-state index contributed by atoms with van der Waals surface area (Å²) in [4.78, 5) is 2.55. The molecule has 4 heteroatoms. The van der Waals surface area contributed by atoms with E-state index in [1.807, 2.05) is 6.07 Å². The van der Waals surface area contributed by atoms with Crippen LogP contribution in [-0.4, -0.2) is 41.6 Å². The van der Waals surface area contributed by atoms with Crippen molar-refractivity contribution in [3.8, 4) is 0 Å². The van der Waals surface area contributed by atoms with E-state index in [1.54, 1.807) is 12.5 Å². The summed E-state index contributed by atoms with van der Waals surface area (Å²) in [6, 6.07) is 2.01. The molecule has 0 spiro atoms. The molecule has 0 aliphatic carbocycles. The molecule has 1 N–H and O–H groups in total. The number of furan rings is 1. The Kier molecular flexibility index (Phi) is 4.54. The highest BCUT2D eigenvalue weighted by Gasteiger charge is 2.26. The Labute approximate surface area is 108 Å². The summed E-state index contributed by atoms with van der Waals surface area (Å²) in [6.45, 7) is 10.2. The van der Waals surface area contributed by atoms with Gasteiger partial charge < -0.3 is 9.73 Å². The van der Waals surface area contributed by atoms with Gasteiger partial charge in [0.05, 0.1) is 12.5 Å². The molecule has 1 aromatic heterocycles. The van der Waals surface area contributed by atoms with Gasteiger partial charge in [0.15, 0.2) is 0 Å². The highest BCUT2D eigenvalue weighted by Crippen LogP contribution is 2.28. The number of hydrogen-bond acceptors (Lipinski definition) is 4. The van der Waals surface area contributed by atoms with Crippen LogP contribution in [-0.2, 0) is 6.54 Å². The van der Waals surface area contributed by atoms with Crippen LogP contribution >= 0.6 is 11.8 Å². The highest BCUT2D eigenvalue weighted by molar-refractivity contribution is 8.00. The van der Waals surface area contributed by atoms with Gasteiger partial charge in [-0.05, 0) is 19.9 Å². The lowest BCUT2D eigenvalue weighted by atomic mass is 10.2. The molecule has 0 radical (unpaired) electrons. The molecule has 2 heterocycles. The van der Waals surface area contributed by atoms with E-state index >= 15 is 0 Å². The smallest absolute Gasteiger partial charge is 0.0947 e. The van der Waals surface area contributed by atoms with Crippen LogP contribution in [0.1, 0.15) is 19.4 Å². The number of hydrogen-bond donors (Lipinski definition) is 1.